The van der Waals surface area contributed by atoms with Gasteiger partial charge in [-0.2, -0.15) is 0 Å². The Kier molecular flexibility index (Phi) is 4.65. The molecular weight excluding hydrogens is 359 g/mol. The van der Waals surface area contributed by atoms with E-state index in [-0.39, 0.29) is 17.7 Å². The van der Waals surface area contributed by atoms with Crippen LogP contribution in [-0.2, 0) is 15.4 Å². The van der Waals surface area contributed by atoms with Gasteiger partial charge in [0.05, 0.1) is 4.92 Å². The van der Waals surface area contributed by atoms with E-state index in [0.29, 0.717) is 5.71 Å². The smallest absolute Gasteiger partial charge is 0.270 e. The highest BCUT2D eigenvalue weighted by atomic mass is 32.2. The van der Waals surface area contributed by atoms with Gasteiger partial charge in [-0.15, -0.1) is 6.58 Å². The van der Waals surface area contributed by atoms with Crippen LogP contribution in [0.5, 0.6) is 0 Å². The highest BCUT2D eigenvalue weighted by molar-refractivity contribution is 7.95. The summed E-state index contributed by atoms with van der Waals surface area (Å²) in [6.45, 7) is 11.4. The maximum atomic E-state index is 14.7. The molecule has 2 rings (SSSR count). The van der Waals surface area contributed by atoms with Crippen LogP contribution in [0.15, 0.2) is 35.8 Å². The zero-order valence-corrected chi connectivity index (χ0v) is 16.4. The minimum Gasteiger partial charge on any atom is -0.280 e. The van der Waals surface area contributed by atoms with Crippen LogP contribution in [0.4, 0.5) is 10.1 Å². The number of benzene rings is 1. The number of nitro groups is 1. The molecule has 0 aliphatic carbocycles. The van der Waals surface area contributed by atoms with E-state index in [1.54, 1.807) is 20.8 Å². The molecule has 0 saturated carbocycles. The van der Waals surface area contributed by atoms with Gasteiger partial charge in [0.1, 0.15) is 20.9 Å². The minimum atomic E-state index is -3.86. The summed E-state index contributed by atoms with van der Waals surface area (Å²) >= 11 is 0. The summed E-state index contributed by atoms with van der Waals surface area (Å²) in [5, 5.41) is 11.1. The fourth-order valence-electron chi connectivity index (χ4n) is 3.54. The van der Waals surface area contributed by atoms with Crippen LogP contribution in [0.25, 0.3) is 0 Å². The van der Waals surface area contributed by atoms with Crippen molar-refractivity contribution >= 4 is 21.2 Å². The summed E-state index contributed by atoms with van der Waals surface area (Å²) < 4.78 is 38.9. The Bertz CT molecular complexity index is 923. The van der Waals surface area contributed by atoms with Gasteiger partial charge >= 0.3 is 0 Å². The maximum absolute atomic E-state index is 14.7. The Labute approximate surface area is 152 Å². The second kappa shape index (κ2) is 5.97. The average molecular weight is 382 g/mol. The van der Waals surface area contributed by atoms with Crippen LogP contribution < -0.4 is 0 Å². The van der Waals surface area contributed by atoms with E-state index in [0.717, 1.165) is 18.2 Å². The zero-order valence-electron chi connectivity index (χ0n) is 15.5. The first-order valence-electron chi connectivity index (χ1n) is 8.12. The van der Waals surface area contributed by atoms with Crippen LogP contribution in [0.3, 0.4) is 0 Å². The predicted octanol–water partition coefficient (Wildman–Crippen LogP) is 3.95. The van der Waals surface area contributed by atoms with Crippen molar-refractivity contribution in [2.75, 3.05) is 0 Å². The molecule has 2 atom stereocenters. The van der Waals surface area contributed by atoms with Crippen LogP contribution in [0.2, 0.25) is 0 Å². The van der Waals surface area contributed by atoms with Crippen LogP contribution in [-0.4, -0.2) is 28.5 Å². The third-order valence-corrected chi connectivity index (χ3v) is 9.17. The topological polar surface area (TPSA) is 89.6 Å². The highest BCUT2D eigenvalue weighted by Gasteiger charge is 2.63. The molecule has 8 heteroatoms. The van der Waals surface area contributed by atoms with Gasteiger partial charge in [-0.25, -0.2) is 12.8 Å². The molecule has 1 heterocycles. The molecular formula is C18H23FN2O4S. The molecule has 1 aromatic rings. The van der Waals surface area contributed by atoms with E-state index in [2.05, 4.69) is 11.6 Å². The lowest BCUT2D eigenvalue weighted by atomic mass is 9.77. The summed E-state index contributed by atoms with van der Waals surface area (Å²) in [5.41, 5.74) is -1.66. The molecule has 1 aliphatic rings. The van der Waals surface area contributed by atoms with E-state index in [9.17, 15) is 22.9 Å². The molecule has 0 fully saturated rings. The summed E-state index contributed by atoms with van der Waals surface area (Å²) in [4.78, 5) is 15.1. The molecule has 0 radical (unpaired) electrons. The number of rotatable bonds is 4. The fraction of sp³-hybridized carbons (Fsp3) is 0.500. The summed E-state index contributed by atoms with van der Waals surface area (Å²) in [7, 11) is -3.86. The second-order valence-corrected chi connectivity index (χ2v) is 10.4. The number of sulfone groups is 1. The first-order chi connectivity index (χ1) is 11.8. The SMILES string of the molecule is C=CCC1(C)[C@@](C)(c2cc([N+](=O)[O-])ccc2F)N=C(C)C(C)(C)S1(=O)=O. The lowest BCUT2D eigenvalue weighted by molar-refractivity contribution is -0.385. The van der Waals surface area contributed by atoms with Crippen molar-refractivity contribution in [2.24, 2.45) is 4.99 Å². The van der Waals surface area contributed by atoms with E-state index in [1.807, 2.05) is 0 Å². The molecule has 0 saturated heterocycles. The monoisotopic (exact) mass is 382 g/mol. The molecule has 0 amide bonds. The van der Waals surface area contributed by atoms with Gasteiger partial charge in [-0.1, -0.05) is 6.08 Å². The lowest BCUT2D eigenvalue weighted by Gasteiger charge is -2.51. The second-order valence-electron chi connectivity index (χ2n) is 7.43. The first-order valence-corrected chi connectivity index (χ1v) is 9.61. The highest BCUT2D eigenvalue weighted by Crippen LogP contribution is 2.52. The van der Waals surface area contributed by atoms with E-state index in [4.69, 9.17) is 0 Å². The minimum absolute atomic E-state index is 0.0220. The fourth-order valence-corrected chi connectivity index (χ4v) is 6.11. The van der Waals surface area contributed by atoms with Gasteiger partial charge in [0.2, 0.25) is 0 Å². The Morgan fingerprint density at radius 2 is 1.88 bits per heavy atom. The van der Waals surface area contributed by atoms with Crippen LogP contribution in [0, 0.1) is 15.9 Å². The van der Waals surface area contributed by atoms with Crippen LogP contribution in [0.1, 0.15) is 46.6 Å². The van der Waals surface area contributed by atoms with Crippen molar-refractivity contribution < 1.29 is 17.7 Å². The number of hydrogen-bond donors (Lipinski definition) is 0. The van der Waals surface area contributed by atoms with Crippen molar-refractivity contribution in [3.05, 3.63) is 52.3 Å². The molecule has 0 bridgehead atoms. The van der Waals surface area contributed by atoms with Crippen molar-refractivity contribution in [1.29, 1.82) is 0 Å². The number of hydrogen-bond acceptors (Lipinski definition) is 5. The third-order valence-electron chi connectivity index (χ3n) is 5.78. The quantitative estimate of drug-likeness (QED) is 0.448. The Morgan fingerprint density at radius 1 is 1.31 bits per heavy atom. The zero-order chi connectivity index (χ0) is 20.1. The molecule has 0 aromatic heterocycles. The Balaban J connectivity index is 2.96. The van der Waals surface area contributed by atoms with Crippen molar-refractivity contribution in [1.82, 2.24) is 0 Å². The normalized spacial score (nSPS) is 29.7. The van der Waals surface area contributed by atoms with Gasteiger partial charge < -0.3 is 0 Å². The third kappa shape index (κ3) is 2.42. The van der Waals surface area contributed by atoms with Crippen molar-refractivity contribution in [2.45, 2.75) is 56.1 Å². The molecule has 1 aromatic carbocycles. The van der Waals surface area contributed by atoms with Gasteiger partial charge in [-0.3, -0.25) is 15.1 Å². The summed E-state index contributed by atoms with van der Waals surface area (Å²) in [5.74, 6) is -0.736. The molecule has 6 nitrogen and oxygen atoms in total. The molecule has 1 aliphatic heterocycles. The van der Waals surface area contributed by atoms with Gasteiger partial charge in [-0.05, 0) is 47.1 Å². The largest absolute Gasteiger partial charge is 0.280 e. The van der Waals surface area contributed by atoms with E-state index >= 15 is 0 Å². The number of aliphatic imine (C=N–C) groups is 1. The standard InChI is InChI=1S/C18H23FN2O4S/c1-7-10-17(5)18(6,20-12(2)16(3,4)26(17,24)25)14-11-13(21(22)23)8-9-15(14)19/h7-9,11H,1,10H2,2-6H3/t17?,18-/m1/s1. The van der Waals surface area contributed by atoms with Crippen molar-refractivity contribution in [3.63, 3.8) is 0 Å². The first kappa shape index (κ1) is 20.2. The Morgan fingerprint density at radius 3 is 2.38 bits per heavy atom. The molecule has 26 heavy (non-hydrogen) atoms. The number of halogens is 1. The van der Waals surface area contributed by atoms with E-state index in [1.165, 1.54) is 19.9 Å². The molecule has 142 valence electrons. The summed E-state index contributed by atoms with van der Waals surface area (Å²) in [6, 6.07) is 3.09. The molecule has 1 unspecified atom stereocenters. The van der Waals surface area contributed by atoms with Gasteiger partial charge in [0, 0.05) is 23.4 Å². The van der Waals surface area contributed by atoms with Gasteiger partial charge in [0.15, 0.2) is 9.84 Å². The average Bonchev–Trinajstić information content (AvgIpc) is 2.53. The number of allylic oxidation sites excluding steroid dienone is 1. The van der Waals surface area contributed by atoms with Crippen LogP contribution >= 0.6 is 0 Å². The van der Waals surface area contributed by atoms with Crippen molar-refractivity contribution in [3.8, 4) is 0 Å². The maximum Gasteiger partial charge on any atom is 0.270 e. The number of nitrogens with zero attached hydrogens (tertiary/aromatic N) is 2. The summed E-state index contributed by atoms with van der Waals surface area (Å²) in [6.07, 6.45) is 1.48. The predicted molar refractivity (Wildman–Crippen MR) is 99.7 cm³/mol. The van der Waals surface area contributed by atoms with E-state index < -0.39 is 35.6 Å². The van der Waals surface area contributed by atoms with Gasteiger partial charge in [0.25, 0.3) is 5.69 Å². The number of nitro benzene ring substituents is 1. The number of non-ortho nitro benzene ring substituents is 1. The molecule has 0 N–H and O–H groups in total. The molecule has 0 spiro atoms. The lowest BCUT2D eigenvalue weighted by Crippen LogP contribution is -2.63. The Hall–Kier alpha value is -2.09.